The number of thioether (sulfide) groups is 1. The van der Waals surface area contributed by atoms with Crippen LogP contribution in [0.15, 0.2) is 28.4 Å². The number of hydrogen-bond acceptors (Lipinski definition) is 6. The van der Waals surface area contributed by atoms with Crippen molar-refractivity contribution < 1.29 is 24.2 Å². The van der Waals surface area contributed by atoms with Gasteiger partial charge in [-0.05, 0) is 23.8 Å². The highest BCUT2D eigenvalue weighted by Gasteiger charge is 2.32. The fourth-order valence-corrected chi connectivity index (χ4v) is 2.41. The largest absolute Gasteiger partial charge is 0.505 e. The third kappa shape index (κ3) is 4.02. The van der Waals surface area contributed by atoms with Crippen LogP contribution < -0.4 is 5.32 Å². The zero-order valence-corrected chi connectivity index (χ0v) is 11.3. The average molecular weight is 311 g/mol. The summed E-state index contributed by atoms with van der Waals surface area (Å²) in [5.41, 5.74) is 0.381. The maximum atomic E-state index is 13.1. The van der Waals surface area contributed by atoms with E-state index >= 15 is 0 Å². The lowest BCUT2D eigenvalue weighted by Gasteiger charge is -1.97. The molecule has 1 aliphatic heterocycles. The Morgan fingerprint density at radius 2 is 2.29 bits per heavy atom. The topological polar surface area (TPSA) is 111 Å². The molecule has 2 rings (SSSR count). The summed E-state index contributed by atoms with van der Waals surface area (Å²) in [4.78, 5) is 22.0. The number of carboxylic acid groups (broad SMARTS) is 1. The lowest BCUT2D eigenvalue weighted by Crippen LogP contribution is -2.26. The van der Waals surface area contributed by atoms with Crippen molar-refractivity contribution in [2.45, 2.75) is 11.7 Å². The Labute approximate surface area is 122 Å². The molecule has 0 bridgehead atoms. The number of nitrogens with zero attached hydrogens (tertiary/aromatic N) is 2. The SMILES string of the molecule is O=C(O)CC1SC(=NN=Cc2ccc(O)c(F)c2)NC1=O. The van der Waals surface area contributed by atoms with Crippen LogP contribution >= 0.6 is 11.8 Å². The van der Waals surface area contributed by atoms with E-state index in [9.17, 15) is 14.0 Å². The Morgan fingerprint density at radius 1 is 1.52 bits per heavy atom. The number of rotatable bonds is 4. The van der Waals surface area contributed by atoms with Crippen molar-refractivity contribution in [3.8, 4) is 5.75 Å². The van der Waals surface area contributed by atoms with E-state index in [1.54, 1.807) is 0 Å². The average Bonchev–Trinajstić information content (AvgIpc) is 2.73. The van der Waals surface area contributed by atoms with Gasteiger partial charge in [0.05, 0.1) is 12.6 Å². The molecule has 1 saturated heterocycles. The van der Waals surface area contributed by atoms with Crippen molar-refractivity contribution in [3.05, 3.63) is 29.6 Å². The second-order valence-electron chi connectivity index (χ2n) is 4.05. The monoisotopic (exact) mass is 311 g/mol. The number of aliphatic carboxylic acids is 1. The lowest BCUT2D eigenvalue weighted by molar-refractivity contribution is -0.138. The molecule has 0 saturated carbocycles. The molecule has 0 radical (unpaired) electrons. The molecule has 9 heteroatoms. The van der Waals surface area contributed by atoms with E-state index < -0.39 is 28.7 Å². The zero-order valence-electron chi connectivity index (χ0n) is 10.5. The maximum Gasteiger partial charge on any atom is 0.305 e. The van der Waals surface area contributed by atoms with Crippen LogP contribution in [0.2, 0.25) is 0 Å². The summed E-state index contributed by atoms with van der Waals surface area (Å²) in [6.07, 6.45) is 0.940. The number of carboxylic acids is 1. The smallest absolute Gasteiger partial charge is 0.305 e. The van der Waals surface area contributed by atoms with Gasteiger partial charge in [-0.1, -0.05) is 11.8 Å². The number of nitrogens with one attached hydrogen (secondary N) is 1. The molecule has 1 amide bonds. The van der Waals surface area contributed by atoms with E-state index in [1.807, 2.05) is 0 Å². The van der Waals surface area contributed by atoms with Crippen LogP contribution in [0.1, 0.15) is 12.0 Å². The first-order valence-corrected chi connectivity index (χ1v) is 6.62. The summed E-state index contributed by atoms with van der Waals surface area (Å²) in [5, 5.41) is 26.9. The summed E-state index contributed by atoms with van der Waals surface area (Å²) in [6.45, 7) is 0. The number of aromatic hydroxyl groups is 1. The molecule has 1 heterocycles. The summed E-state index contributed by atoms with van der Waals surface area (Å²) in [6, 6.07) is 3.70. The summed E-state index contributed by atoms with van der Waals surface area (Å²) < 4.78 is 13.1. The standard InChI is InChI=1S/C12H10FN3O4S/c13-7-3-6(1-2-8(7)17)5-14-16-12-15-11(20)9(21-12)4-10(18)19/h1-3,5,9,17H,4H2,(H,18,19)(H,15,16,20). The number of hydrogen-bond donors (Lipinski definition) is 3. The van der Waals surface area contributed by atoms with Gasteiger partial charge in [-0.2, -0.15) is 5.10 Å². The van der Waals surface area contributed by atoms with Gasteiger partial charge in [0, 0.05) is 0 Å². The van der Waals surface area contributed by atoms with Gasteiger partial charge in [0.2, 0.25) is 5.91 Å². The summed E-state index contributed by atoms with van der Waals surface area (Å²) in [7, 11) is 0. The van der Waals surface area contributed by atoms with Gasteiger partial charge < -0.3 is 15.5 Å². The summed E-state index contributed by atoms with van der Waals surface area (Å²) in [5.74, 6) is -2.76. The number of halogens is 1. The molecule has 1 atom stereocenters. The van der Waals surface area contributed by atoms with Crippen LogP contribution in [0.5, 0.6) is 5.75 Å². The van der Waals surface area contributed by atoms with Gasteiger partial charge in [0.25, 0.3) is 0 Å². The molecular formula is C12H10FN3O4S. The van der Waals surface area contributed by atoms with Crippen molar-refractivity contribution in [2.75, 3.05) is 0 Å². The van der Waals surface area contributed by atoms with E-state index in [1.165, 1.54) is 18.3 Å². The predicted octanol–water partition coefficient (Wildman–Crippen LogP) is 0.927. The molecule has 0 spiro atoms. The van der Waals surface area contributed by atoms with Crippen molar-refractivity contribution >= 4 is 35.0 Å². The van der Waals surface area contributed by atoms with Crippen LogP contribution in [0.4, 0.5) is 4.39 Å². The third-order valence-corrected chi connectivity index (χ3v) is 3.54. The van der Waals surface area contributed by atoms with Gasteiger partial charge in [-0.15, -0.1) is 5.10 Å². The lowest BCUT2D eigenvalue weighted by atomic mass is 10.2. The predicted molar refractivity (Wildman–Crippen MR) is 74.9 cm³/mol. The minimum absolute atomic E-state index is 0.182. The molecule has 0 aliphatic carbocycles. The van der Waals surface area contributed by atoms with Gasteiger partial charge >= 0.3 is 5.97 Å². The Hall–Kier alpha value is -2.42. The molecule has 1 aliphatic rings. The van der Waals surface area contributed by atoms with Crippen LogP contribution in [-0.4, -0.2) is 38.7 Å². The molecule has 0 aromatic heterocycles. The number of carbonyl (C=O) groups is 2. The van der Waals surface area contributed by atoms with Crippen LogP contribution in [0.3, 0.4) is 0 Å². The van der Waals surface area contributed by atoms with Crippen molar-refractivity contribution in [1.29, 1.82) is 0 Å². The van der Waals surface area contributed by atoms with E-state index in [0.29, 0.717) is 5.56 Å². The minimum Gasteiger partial charge on any atom is -0.505 e. The molecule has 21 heavy (non-hydrogen) atoms. The molecular weight excluding hydrogens is 301 g/mol. The van der Waals surface area contributed by atoms with Gasteiger partial charge in [0.1, 0.15) is 5.25 Å². The Bertz CT molecular complexity index is 647. The van der Waals surface area contributed by atoms with Crippen LogP contribution in [0.25, 0.3) is 0 Å². The Morgan fingerprint density at radius 3 is 2.95 bits per heavy atom. The Kier molecular flexibility index (Phi) is 4.53. The minimum atomic E-state index is -1.08. The fourth-order valence-electron chi connectivity index (χ4n) is 1.50. The highest BCUT2D eigenvalue weighted by Crippen LogP contribution is 2.22. The molecule has 110 valence electrons. The highest BCUT2D eigenvalue weighted by atomic mass is 32.2. The summed E-state index contributed by atoms with van der Waals surface area (Å²) >= 11 is 0.969. The van der Waals surface area contributed by atoms with E-state index in [4.69, 9.17) is 10.2 Å². The van der Waals surface area contributed by atoms with Gasteiger partial charge in [0.15, 0.2) is 16.7 Å². The number of carbonyl (C=O) groups excluding carboxylic acids is 1. The van der Waals surface area contributed by atoms with Crippen LogP contribution in [0, 0.1) is 5.82 Å². The number of amides is 1. The fraction of sp³-hybridized carbons (Fsp3) is 0.167. The number of amidine groups is 1. The number of benzene rings is 1. The molecule has 1 unspecified atom stereocenters. The quantitative estimate of drug-likeness (QED) is 0.566. The van der Waals surface area contributed by atoms with Crippen LogP contribution in [-0.2, 0) is 9.59 Å². The molecule has 1 fully saturated rings. The molecule has 7 nitrogen and oxygen atoms in total. The van der Waals surface area contributed by atoms with E-state index in [2.05, 4.69) is 15.5 Å². The zero-order chi connectivity index (χ0) is 15.4. The first-order valence-electron chi connectivity index (χ1n) is 5.74. The molecule has 1 aromatic rings. The second kappa shape index (κ2) is 6.35. The molecule has 1 aromatic carbocycles. The van der Waals surface area contributed by atoms with Gasteiger partial charge in [-0.25, -0.2) is 4.39 Å². The van der Waals surface area contributed by atoms with Crippen molar-refractivity contribution in [1.82, 2.24) is 5.32 Å². The van der Waals surface area contributed by atoms with Crippen molar-refractivity contribution in [3.63, 3.8) is 0 Å². The highest BCUT2D eigenvalue weighted by molar-refractivity contribution is 8.15. The van der Waals surface area contributed by atoms with E-state index in [0.717, 1.165) is 17.8 Å². The second-order valence-corrected chi connectivity index (χ2v) is 5.25. The normalized spacial score (nSPS) is 20.1. The third-order valence-electron chi connectivity index (χ3n) is 2.46. The molecule has 3 N–H and O–H groups in total. The van der Waals surface area contributed by atoms with Crippen molar-refractivity contribution in [2.24, 2.45) is 10.2 Å². The van der Waals surface area contributed by atoms with E-state index in [-0.39, 0.29) is 11.6 Å². The number of phenols is 1. The number of phenolic OH excluding ortho intramolecular Hbond substituents is 1. The maximum absolute atomic E-state index is 13.1. The first-order chi connectivity index (χ1) is 9.95. The Balaban J connectivity index is 2.01. The first kappa shape index (κ1) is 15.0. The van der Waals surface area contributed by atoms with Gasteiger partial charge in [-0.3, -0.25) is 9.59 Å².